The van der Waals surface area contributed by atoms with Crippen molar-refractivity contribution in [2.75, 3.05) is 13.1 Å². The standard InChI is InChI=1S/C17H32N4O4/c1-11(2)10-12(19)15(22)20-13(6-3-4-8-18)16(23)21-9-5-7-14(21)17(24)25/h11-14H,3-10,18-19H2,1-2H3,(H,20,22)(H,24,25)/t12-,13-,14-/m0/s1. The highest BCUT2D eigenvalue weighted by Crippen LogP contribution is 2.20. The number of unbranched alkanes of at least 4 members (excludes halogenated alkanes) is 1. The fourth-order valence-electron chi connectivity index (χ4n) is 3.13. The Labute approximate surface area is 149 Å². The second kappa shape index (κ2) is 10.4. The summed E-state index contributed by atoms with van der Waals surface area (Å²) in [5, 5.41) is 12.0. The normalized spacial score (nSPS) is 19.7. The highest BCUT2D eigenvalue weighted by atomic mass is 16.4. The van der Waals surface area contributed by atoms with E-state index in [1.807, 2.05) is 13.8 Å². The van der Waals surface area contributed by atoms with Crippen LogP contribution in [0, 0.1) is 5.92 Å². The van der Waals surface area contributed by atoms with Crippen molar-refractivity contribution in [1.29, 1.82) is 0 Å². The first-order valence-electron chi connectivity index (χ1n) is 9.07. The zero-order chi connectivity index (χ0) is 19.0. The maximum Gasteiger partial charge on any atom is 0.326 e. The molecular weight excluding hydrogens is 324 g/mol. The first-order valence-corrected chi connectivity index (χ1v) is 9.07. The SMILES string of the molecule is CC(C)C[C@H](N)C(=O)N[C@@H](CCCCN)C(=O)N1CCC[C@H]1C(=O)O. The molecule has 0 unspecified atom stereocenters. The molecule has 0 aromatic rings. The van der Waals surface area contributed by atoms with Crippen molar-refractivity contribution in [3.8, 4) is 0 Å². The van der Waals surface area contributed by atoms with E-state index < -0.39 is 24.1 Å². The van der Waals surface area contributed by atoms with Crippen molar-refractivity contribution in [3.63, 3.8) is 0 Å². The van der Waals surface area contributed by atoms with Gasteiger partial charge in [0.1, 0.15) is 12.1 Å². The number of carbonyl (C=O) groups is 3. The second-order valence-corrected chi connectivity index (χ2v) is 7.11. The fraction of sp³-hybridized carbons (Fsp3) is 0.824. The van der Waals surface area contributed by atoms with Crippen LogP contribution >= 0.6 is 0 Å². The molecule has 8 heteroatoms. The number of aliphatic carboxylic acids is 1. The van der Waals surface area contributed by atoms with E-state index in [9.17, 15) is 19.5 Å². The van der Waals surface area contributed by atoms with E-state index in [1.54, 1.807) is 0 Å². The van der Waals surface area contributed by atoms with Crippen molar-refractivity contribution < 1.29 is 19.5 Å². The smallest absolute Gasteiger partial charge is 0.326 e. The summed E-state index contributed by atoms with van der Waals surface area (Å²) in [5.41, 5.74) is 11.4. The van der Waals surface area contributed by atoms with Gasteiger partial charge in [0.15, 0.2) is 0 Å². The molecule has 8 nitrogen and oxygen atoms in total. The first kappa shape index (κ1) is 21.4. The van der Waals surface area contributed by atoms with Crippen LogP contribution in [0.3, 0.4) is 0 Å². The Morgan fingerprint density at radius 2 is 1.96 bits per heavy atom. The summed E-state index contributed by atoms with van der Waals surface area (Å²) in [6.07, 6.45) is 3.46. The number of nitrogens with two attached hydrogens (primary N) is 2. The molecule has 2 amide bonds. The number of hydrogen-bond acceptors (Lipinski definition) is 5. The van der Waals surface area contributed by atoms with Gasteiger partial charge < -0.3 is 26.8 Å². The van der Waals surface area contributed by atoms with Gasteiger partial charge in [0.05, 0.1) is 6.04 Å². The Morgan fingerprint density at radius 3 is 2.52 bits per heavy atom. The van der Waals surface area contributed by atoms with E-state index in [0.29, 0.717) is 45.2 Å². The molecule has 0 bridgehead atoms. The predicted molar refractivity (Wildman–Crippen MR) is 94.6 cm³/mol. The predicted octanol–water partition coefficient (Wildman–Crippen LogP) is 0.0492. The molecule has 0 aromatic heterocycles. The van der Waals surface area contributed by atoms with Crippen LogP contribution in [0.15, 0.2) is 0 Å². The van der Waals surface area contributed by atoms with Crippen LogP contribution in [0.25, 0.3) is 0 Å². The van der Waals surface area contributed by atoms with Crippen LogP contribution in [0.5, 0.6) is 0 Å². The van der Waals surface area contributed by atoms with Crippen molar-refractivity contribution in [2.24, 2.45) is 17.4 Å². The minimum Gasteiger partial charge on any atom is -0.480 e. The van der Waals surface area contributed by atoms with Crippen LogP contribution in [0.2, 0.25) is 0 Å². The van der Waals surface area contributed by atoms with E-state index in [1.165, 1.54) is 4.90 Å². The molecule has 25 heavy (non-hydrogen) atoms. The number of carbonyl (C=O) groups excluding carboxylic acids is 2. The molecule has 1 rings (SSSR count). The lowest BCUT2D eigenvalue weighted by atomic mass is 10.0. The van der Waals surface area contributed by atoms with Gasteiger partial charge in [0.2, 0.25) is 11.8 Å². The molecule has 1 saturated heterocycles. The van der Waals surface area contributed by atoms with Gasteiger partial charge in [-0.25, -0.2) is 4.79 Å². The molecule has 3 atom stereocenters. The number of likely N-dealkylation sites (tertiary alicyclic amines) is 1. The molecule has 6 N–H and O–H groups in total. The average molecular weight is 356 g/mol. The van der Waals surface area contributed by atoms with Crippen LogP contribution in [-0.4, -0.2) is 59.0 Å². The summed E-state index contributed by atoms with van der Waals surface area (Å²) in [4.78, 5) is 37.8. The lowest BCUT2D eigenvalue weighted by Crippen LogP contribution is -2.54. The minimum atomic E-state index is -1.01. The Hall–Kier alpha value is -1.67. The summed E-state index contributed by atoms with van der Waals surface area (Å²) >= 11 is 0. The molecule has 144 valence electrons. The van der Waals surface area contributed by atoms with Gasteiger partial charge in [-0.2, -0.15) is 0 Å². The fourth-order valence-corrected chi connectivity index (χ4v) is 3.13. The molecule has 0 aliphatic carbocycles. The van der Waals surface area contributed by atoms with Crippen molar-refractivity contribution >= 4 is 17.8 Å². The number of carboxylic acid groups (broad SMARTS) is 1. The van der Waals surface area contributed by atoms with Crippen molar-refractivity contribution in [3.05, 3.63) is 0 Å². The quantitative estimate of drug-likeness (QED) is 0.408. The average Bonchev–Trinajstić information content (AvgIpc) is 3.02. The van der Waals surface area contributed by atoms with Crippen molar-refractivity contribution in [2.45, 2.75) is 70.5 Å². The number of nitrogens with one attached hydrogen (secondary N) is 1. The van der Waals surface area contributed by atoms with E-state index in [4.69, 9.17) is 11.5 Å². The number of amides is 2. The Bertz CT molecular complexity index is 470. The summed E-state index contributed by atoms with van der Waals surface area (Å²) in [6, 6.07) is -2.25. The number of carboxylic acids is 1. The van der Waals surface area contributed by atoms with Gasteiger partial charge in [-0.1, -0.05) is 13.8 Å². The minimum absolute atomic E-state index is 0.266. The molecule has 0 aromatic carbocycles. The van der Waals surface area contributed by atoms with E-state index in [-0.39, 0.29) is 17.7 Å². The summed E-state index contributed by atoms with van der Waals surface area (Å²) in [5.74, 6) is -1.45. The Kier molecular flexibility index (Phi) is 8.85. The lowest BCUT2D eigenvalue weighted by molar-refractivity contribution is -0.149. The van der Waals surface area contributed by atoms with Gasteiger partial charge in [-0.15, -0.1) is 0 Å². The molecule has 1 aliphatic heterocycles. The van der Waals surface area contributed by atoms with Gasteiger partial charge in [0, 0.05) is 6.54 Å². The zero-order valence-corrected chi connectivity index (χ0v) is 15.2. The van der Waals surface area contributed by atoms with Crippen molar-refractivity contribution in [1.82, 2.24) is 10.2 Å². The van der Waals surface area contributed by atoms with Gasteiger partial charge in [-0.05, 0) is 51.0 Å². The van der Waals surface area contributed by atoms with Crippen LogP contribution in [0.1, 0.15) is 52.4 Å². The van der Waals surface area contributed by atoms with Crippen LogP contribution < -0.4 is 16.8 Å². The molecule has 1 heterocycles. The molecule has 1 aliphatic rings. The first-order chi connectivity index (χ1) is 11.8. The third kappa shape index (κ3) is 6.62. The second-order valence-electron chi connectivity index (χ2n) is 7.11. The van der Waals surface area contributed by atoms with E-state index >= 15 is 0 Å². The number of rotatable bonds is 10. The third-order valence-corrected chi connectivity index (χ3v) is 4.44. The molecule has 0 spiro atoms. The molecule has 1 fully saturated rings. The van der Waals surface area contributed by atoms with E-state index in [2.05, 4.69) is 5.32 Å². The Balaban J connectivity index is 2.79. The van der Waals surface area contributed by atoms with Crippen LogP contribution in [0.4, 0.5) is 0 Å². The number of hydrogen-bond donors (Lipinski definition) is 4. The lowest BCUT2D eigenvalue weighted by Gasteiger charge is -2.28. The largest absolute Gasteiger partial charge is 0.480 e. The molecular formula is C17H32N4O4. The third-order valence-electron chi connectivity index (χ3n) is 4.44. The summed E-state index contributed by atoms with van der Waals surface area (Å²) < 4.78 is 0. The van der Waals surface area contributed by atoms with Gasteiger partial charge in [0.25, 0.3) is 0 Å². The monoisotopic (exact) mass is 356 g/mol. The highest BCUT2D eigenvalue weighted by Gasteiger charge is 2.37. The molecule has 0 saturated carbocycles. The Morgan fingerprint density at radius 1 is 1.28 bits per heavy atom. The van der Waals surface area contributed by atoms with Gasteiger partial charge >= 0.3 is 5.97 Å². The maximum atomic E-state index is 12.8. The highest BCUT2D eigenvalue weighted by molar-refractivity contribution is 5.92. The van der Waals surface area contributed by atoms with Crippen LogP contribution in [-0.2, 0) is 14.4 Å². The maximum absolute atomic E-state index is 12.8. The summed E-state index contributed by atoms with van der Waals surface area (Å²) in [7, 11) is 0. The topological polar surface area (TPSA) is 139 Å². The zero-order valence-electron chi connectivity index (χ0n) is 15.2. The van der Waals surface area contributed by atoms with Gasteiger partial charge in [-0.3, -0.25) is 9.59 Å². The summed E-state index contributed by atoms with van der Waals surface area (Å²) in [6.45, 7) is 4.84. The van der Waals surface area contributed by atoms with E-state index in [0.717, 1.165) is 6.42 Å². The number of nitrogens with zero attached hydrogens (tertiary/aromatic N) is 1. The molecule has 0 radical (unpaired) electrons.